The molecule has 0 saturated heterocycles. The molecule has 22 heavy (non-hydrogen) atoms. The smallest absolute Gasteiger partial charge is 0.257 e. The summed E-state index contributed by atoms with van der Waals surface area (Å²) in [5, 5.41) is 6.96. The molecule has 0 saturated carbocycles. The van der Waals surface area contributed by atoms with Gasteiger partial charge in [0.1, 0.15) is 11.3 Å². The normalized spacial score (nSPS) is 12.2. The minimum absolute atomic E-state index is 0.0535. The quantitative estimate of drug-likeness (QED) is 0.877. The first kappa shape index (κ1) is 16.3. The van der Waals surface area contributed by atoms with Crippen LogP contribution in [0, 0.1) is 6.92 Å². The number of nitrogens with one attached hydrogen (secondary N) is 1. The molecule has 0 fully saturated rings. The Labute approximate surface area is 131 Å². The van der Waals surface area contributed by atoms with E-state index in [1.807, 2.05) is 13.8 Å². The van der Waals surface area contributed by atoms with Crippen LogP contribution in [0.15, 0.2) is 28.8 Å². The topological polar surface area (TPSA) is 55.1 Å². The average molecular weight is 300 g/mol. The number of carbonyl (C=O) groups is 1. The lowest BCUT2D eigenvalue weighted by Crippen LogP contribution is -2.27. The molecule has 2 rings (SSSR count). The molecule has 0 radical (unpaired) electrons. The SMILES string of the molecule is CCCc1ccc([C@H](C)NC(=O)c2c(CC)noc2C)cc1. The number of aromatic nitrogens is 1. The Hall–Kier alpha value is -2.10. The molecular formula is C18H24N2O2. The van der Waals surface area contributed by atoms with Crippen LogP contribution in [0.25, 0.3) is 0 Å². The molecule has 4 heteroatoms. The second kappa shape index (κ2) is 7.25. The molecule has 4 nitrogen and oxygen atoms in total. The Morgan fingerprint density at radius 2 is 1.95 bits per heavy atom. The molecule has 1 N–H and O–H groups in total. The zero-order valence-electron chi connectivity index (χ0n) is 13.8. The molecule has 0 bridgehead atoms. The number of carbonyl (C=O) groups excluding carboxylic acids is 1. The maximum absolute atomic E-state index is 12.4. The predicted molar refractivity (Wildman–Crippen MR) is 86.9 cm³/mol. The van der Waals surface area contributed by atoms with Gasteiger partial charge in [-0.2, -0.15) is 0 Å². The lowest BCUT2D eigenvalue weighted by atomic mass is 10.0. The first-order chi connectivity index (χ1) is 10.6. The van der Waals surface area contributed by atoms with Crippen molar-refractivity contribution in [3.05, 3.63) is 52.4 Å². The second-order valence-electron chi connectivity index (χ2n) is 5.60. The molecular weight excluding hydrogens is 276 g/mol. The molecule has 1 aromatic carbocycles. The fraction of sp³-hybridized carbons (Fsp3) is 0.444. The summed E-state index contributed by atoms with van der Waals surface area (Å²) in [5.74, 6) is 0.445. The summed E-state index contributed by atoms with van der Waals surface area (Å²) in [4.78, 5) is 12.4. The standard InChI is InChI=1S/C18H24N2O2/c1-5-7-14-8-10-15(11-9-14)12(3)19-18(21)17-13(4)22-20-16(17)6-2/h8-12H,5-7H2,1-4H3,(H,19,21)/t12-/m0/s1. The number of rotatable bonds is 6. The lowest BCUT2D eigenvalue weighted by molar-refractivity contribution is 0.0937. The van der Waals surface area contributed by atoms with Crippen molar-refractivity contribution in [2.45, 2.75) is 53.0 Å². The monoisotopic (exact) mass is 300 g/mol. The molecule has 2 aromatic rings. The van der Waals surface area contributed by atoms with Gasteiger partial charge >= 0.3 is 0 Å². The molecule has 1 heterocycles. The van der Waals surface area contributed by atoms with Gasteiger partial charge in [-0.15, -0.1) is 0 Å². The van der Waals surface area contributed by atoms with Crippen molar-refractivity contribution in [1.82, 2.24) is 10.5 Å². The van der Waals surface area contributed by atoms with Crippen molar-refractivity contribution in [3.63, 3.8) is 0 Å². The van der Waals surface area contributed by atoms with E-state index in [2.05, 4.69) is 41.7 Å². The summed E-state index contributed by atoms with van der Waals surface area (Å²) >= 11 is 0. The van der Waals surface area contributed by atoms with E-state index in [4.69, 9.17) is 4.52 Å². The number of benzene rings is 1. The minimum atomic E-state index is -0.124. The van der Waals surface area contributed by atoms with Crippen molar-refractivity contribution in [3.8, 4) is 0 Å². The van der Waals surface area contributed by atoms with Crippen LogP contribution in [0.5, 0.6) is 0 Å². The molecule has 0 spiro atoms. The van der Waals surface area contributed by atoms with Crippen LogP contribution in [0.1, 0.15) is 66.2 Å². The van der Waals surface area contributed by atoms with E-state index in [0.29, 0.717) is 23.4 Å². The zero-order chi connectivity index (χ0) is 16.1. The summed E-state index contributed by atoms with van der Waals surface area (Å²) in [6.45, 7) is 7.89. The highest BCUT2D eigenvalue weighted by Gasteiger charge is 2.20. The third kappa shape index (κ3) is 3.56. The molecule has 0 aliphatic rings. The summed E-state index contributed by atoms with van der Waals surface area (Å²) in [5.41, 5.74) is 3.70. The van der Waals surface area contributed by atoms with E-state index < -0.39 is 0 Å². The van der Waals surface area contributed by atoms with E-state index in [1.54, 1.807) is 6.92 Å². The minimum Gasteiger partial charge on any atom is -0.361 e. The first-order valence-corrected chi connectivity index (χ1v) is 7.91. The van der Waals surface area contributed by atoms with Gasteiger partial charge in [0.2, 0.25) is 0 Å². The fourth-order valence-corrected chi connectivity index (χ4v) is 2.56. The molecule has 1 aromatic heterocycles. The third-order valence-electron chi connectivity index (χ3n) is 3.86. The van der Waals surface area contributed by atoms with Gasteiger partial charge in [0, 0.05) is 0 Å². The molecule has 118 valence electrons. The molecule has 1 amide bonds. The molecule has 0 aliphatic heterocycles. The maximum atomic E-state index is 12.4. The number of aryl methyl sites for hydroxylation is 3. The van der Waals surface area contributed by atoms with E-state index in [1.165, 1.54) is 5.56 Å². The fourth-order valence-electron chi connectivity index (χ4n) is 2.56. The van der Waals surface area contributed by atoms with Crippen molar-refractivity contribution in [1.29, 1.82) is 0 Å². The Kier molecular flexibility index (Phi) is 5.36. The summed E-state index contributed by atoms with van der Waals surface area (Å²) < 4.78 is 5.13. The Balaban J connectivity index is 2.09. The zero-order valence-corrected chi connectivity index (χ0v) is 13.8. The highest BCUT2D eigenvalue weighted by atomic mass is 16.5. The highest BCUT2D eigenvalue weighted by Crippen LogP contribution is 2.18. The number of amides is 1. The van der Waals surface area contributed by atoms with Crippen molar-refractivity contribution < 1.29 is 9.32 Å². The van der Waals surface area contributed by atoms with Crippen LogP contribution in [0.2, 0.25) is 0 Å². The van der Waals surface area contributed by atoms with Gasteiger partial charge < -0.3 is 9.84 Å². The lowest BCUT2D eigenvalue weighted by Gasteiger charge is -2.15. The first-order valence-electron chi connectivity index (χ1n) is 7.91. The summed E-state index contributed by atoms with van der Waals surface area (Å²) in [6.07, 6.45) is 2.90. The van der Waals surface area contributed by atoms with Gasteiger partial charge in [-0.3, -0.25) is 4.79 Å². The van der Waals surface area contributed by atoms with Gasteiger partial charge in [-0.25, -0.2) is 0 Å². The number of hydrogen-bond acceptors (Lipinski definition) is 3. The van der Waals surface area contributed by atoms with Crippen LogP contribution in [0.3, 0.4) is 0 Å². The number of nitrogens with zero attached hydrogens (tertiary/aromatic N) is 1. The second-order valence-corrected chi connectivity index (χ2v) is 5.60. The van der Waals surface area contributed by atoms with Crippen LogP contribution >= 0.6 is 0 Å². The van der Waals surface area contributed by atoms with E-state index in [-0.39, 0.29) is 11.9 Å². The largest absolute Gasteiger partial charge is 0.361 e. The molecule has 0 unspecified atom stereocenters. The van der Waals surface area contributed by atoms with Gasteiger partial charge in [0.25, 0.3) is 5.91 Å². The van der Waals surface area contributed by atoms with Crippen LogP contribution in [0.4, 0.5) is 0 Å². The van der Waals surface area contributed by atoms with Gasteiger partial charge in [0.05, 0.1) is 11.7 Å². The van der Waals surface area contributed by atoms with Crippen molar-refractivity contribution >= 4 is 5.91 Å². The van der Waals surface area contributed by atoms with Crippen molar-refractivity contribution in [2.75, 3.05) is 0 Å². The van der Waals surface area contributed by atoms with Crippen LogP contribution in [-0.4, -0.2) is 11.1 Å². The Morgan fingerprint density at radius 1 is 1.27 bits per heavy atom. The van der Waals surface area contributed by atoms with Gasteiger partial charge in [-0.05, 0) is 37.8 Å². The Bertz CT molecular complexity index is 629. The molecule has 1 atom stereocenters. The molecule has 0 aliphatic carbocycles. The maximum Gasteiger partial charge on any atom is 0.257 e. The van der Waals surface area contributed by atoms with Gasteiger partial charge in [0.15, 0.2) is 0 Å². The average Bonchev–Trinajstić information content (AvgIpc) is 2.89. The number of hydrogen-bond donors (Lipinski definition) is 1. The Morgan fingerprint density at radius 3 is 2.55 bits per heavy atom. The summed E-state index contributed by atoms with van der Waals surface area (Å²) in [7, 11) is 0. The van der Waals surface area contributed by atoms with E-state index in [9.17, 15) is 4.79 Å². The van der Waals surface area contributed by atoms with Gasteiger partial charge in [-0.1, -0.05) is 49.7 Å². The van der Waals surface area contributed by atoms with Crippen LogP contribution in [-0.2, 0) is 12.8 Å². The van der Waals surface area contributed by atoms with E-state index in [0.717, 1.165) is 18.4 Å². The highest BCUT2D eigenvalue weighted by molar-refractivity contribution is 5.96. The summed E-state index contributed by atoms with van der Waals surface area (Å²) in [6, 6.07) is 8.36. The van der Waals surface area contributed by atoms with Crippen LogP contribution < -0.4 is 5.32 Å². The third-order valence-corrected chi connectivity index (χ3v) is 3.86. The van der Waals surface area contributed by atoms with Crippen molar-refractivity contribution in [2.24, 2.45) is 0 Å². The predicted octanol–water partition coefficient (Wildman–Crippen LogP) is 3.99. The van der Waals surface area contributed by atoms with E-state index >= 15 is 0 Å².